The second kappa shape index (κ2) is 4.32. The molecule has 0 spiro atoms. The summed E-state index contributed by atoms with van der Waals surface area (Å²) < 4.78 is 3.21. The molecule has 0 saturated carbocycles. The van der Waals surface area contributed by atoms with Crippen LogP contribution in [0.5, 0.6) is 0 Å². The molecule has 0 amide bonds. The molecule has 0 unspecified atom stereocenters. The molecule has 4 heteroatoms. The van der Waals surface area contributed by atoms with Gasteiger partial charge in [0.15, 0.2) is 0 Å². The van der Waals surface area contributed by atoms with Crippen LogP contribution in [0.25, 0.3) is 11.0 Å². The lowest BCUT2D eigenvalue weighted by molar-refractivity contribution is 0.700. The summed E-state index contributed by atoms with van der Waals surface area (Å²) in [6.07, 6.45) is 2.83. The first-order valence-electron chi connectivity index (χ1n) is 4.48. The normalized spacial score (nSPS) is 11.0. The average molecular weight is 274 g/mol. The zero-order chi connectivity index (χ0) is 9.97. The maximum atomic E-state index is 5.66. The number of para-hydroxylation sites is 1. The first kappa shape index (κ1) is 9.99. The van der Waals surface area contributed by atoms with Crippen molar-refractivity contribution in [2.75, 3.05) is 5.88 Å². The molecule has 0 aliphatic rings. The predicted molar refractivity (Wildman–Crippen MR) is 62.8 cm³/mol. The number of fused-ring (bicyclic) bond motifs is 1. The van der Waals surface area contributed by atoms with E-state index in [4.69, 9.17) is 11.6 Å². The third-order valence-corrected chi connectivity index (χ3v) is 3.03. The summed E-state index contributed by atoms with van der Waals surface area (Å²) in [6.45, 7) is 0.919. The van der Waals surface area contributed by atoms with E-state index < -0.39 is 0 Å². The van der Waals surface area contributed by atoms with Gasteiger partial charge < -0.3 is 4.57 Å². The molecule has 74 valence electrons. The Morgan fingerprint density at radius 3 is 3.07 bits per heavy atom. The fraction of sp³-hybridized carbons (Fsp3) is 0.300. The summed E-state index contributed by atoms with van der Waals surface area (Å²) in [6, 6.07) is 6.03. The number of imidazole rings is 1. The lowest BCUT2D eigenvalue weighted by Gasteiger charge is -2.03. The highest BCUT2D eigenvalue weighted by Gasteiger charge is 2.04. The smallest absolute Gasteiger partial charge is 0.0958 e. The number of benzene rings is 1. The quantitative estimate of drug-likeness (QED) is 0.784. The van der Waals surface area contributed by atoms with E-state index in [9.17, 15) is 0 Å². The highest BCUT2D eigenvalue weighted by Crippen LogP contribution is 2.22. The third-order valence-electron chi connectivity index (χ3n) is 2.12. The van der Waals surface area contributed by atoms with Gasteiger partial charge in [-0.1, -0.05) is 6.07 Å². The van der Waals surface area contributed by atoms with Gasteiger partial charge in [-0.2, -0.15) is 0 Å². The molecule has 2 nitrogen and oxygen atoms in total. The molecule has 0 atom stereocenters. The SMILES string of the molecule is ClCCCn1cnc2cccc(Br)c21. The van der Waals surface area contributed by atoms with Crippen LogP contribution in [0.4, 0.5) is 0 Å². The molecule has 0 fully saturated rings. The van der Waals surface area contributed by atoms with E-state index in [2.05, 4.69) is 25.5 Å². The zero-order valence-corrected chi connectivity index (χ0v) is 9.92. The highest BCUT2D eigenvalue weighted by molar-refractivity contribution is 9.10. The maximum Gasteiger partial charge on any atom is 0.0958 e. The van der Waals surface area contributed by atoms with Gasteiger partial charge in [-0.05, 0) is 34.5 Å². The molecular formula is C10H10BrClN2. The second-order valence-electron chi connectivity index (χ2n) is 3.09. The van der Waals surface area contributed by atoms with Crippen molar-refractivity contribution in [3.05, 3.63) is 29.0 Å². The number of nitrogens with zero attached hydrogens (tertiary/aromatic N) is 2. The van der Waals surface area contributed by atoms with Crippen molar-refractivity contribution < 1.29 is 0 Å². The summed E-state index contributed by atoms with van der Waals surface area (Å²) in [7, 11) is 0. The fourth-order valence-corrected chi connectivity index (χ4v) is 2.18. The van der Waals surface area contributed by atoms with Gasteiger partial charge in [-0.15, -0.1) is 11.6 Å². The number of hydrogen-bond acceptors (Lipinski definition) is 1. The van der Waals surface area contributed by atoms with Crippen LogP contribution in [0.3, 0.4) is 0 Å². The highest BCUT2D eigenvalue weighted by atomic mass is 79.9. The molecule has 1 heterocycles. The molecular weight excluding hydrogens is 263 g/mol. The molecule has 0 bridgehead atoms. The minimum Gasteiger partial charge on any atom is -0.330 e. The van der Waals surface area contributed by atoms with Crippen LogP contribution in [0.2, 0.25) is 0 Å². The number of halogens is 2. The van der Waals surface area contributed by atoms with Gasteiger partial charge in [-0.25, -0.2) is 4.98 Å². The molecule has 14 heavy (non-hydrogen) atoms. The Balaban J connectivity index is 2.45. The Morgan fingerprint density at radius 1 is 1.43 bits per heavy atom. The van der Waals surface area contributed by atoms with Crippen LogP contribution >= 0.6 is 27.5 Å². The van der Waals surface area contributed by atoms with Crippen molar-refractivity contribution in [1.29, 1.82) is 0 Å². The number of rotatable bonds is 3. The van der Waals surface area contributed by atoms with E-state index >= 15 is 0 Å². The minimum absolute atomic E-state index is 0.685. The lowest BCUT2D eigenvalue weighted by Crippen LogP contribution is -1.96. The van der Waals surface area contributed by atoms with E-state index in [0.717, 1.165) is 28.5 Å². The minimum atomic E-state index is 0.685. The van der Waals surface area contributed by atoms with Gasteiger partial charge in [-0.3, -0.25) is 0 Å². The number of aryl methyl sites for hydroxylation is 1. The molecule has 2 rings (SSSR count). The van der Waals surface area contributed by atoms with Gasteiger partial charge in [0.1, 0.15) is 0 Å². The first-order valence-corrected chi connectivity index (χ1v) is 5.81. The predicted octanol–water partition coefficient (Wildman–Crippen LogP) is 3.43. The van der Waals surface area contributed by atoms with Gasteiger partial charge in [0.25, 0.3) is 0 Å². The topological polar surface area (TPSA) is 17.8 Å². The van der Waals surface area contributed by atoms with Gasteiger partial charge in [0, 0.05) is 16.9 Å². The Bertz CT molecular complexity index is 439. The molecule has 0 saturated heterocycles. The number of hydrogen-bond donors (Lipinski definition) is 0. The fourth-order valence-electron chi connectivity index (χ4n) is 1.48. The van der Waals surface area contributed by atoms with Crippen molar-refractivity contribution >= 4 is 38.6 Å². The largest absolute Gasteiger partial charge is 0.330 e. The monoisotopic (exact) mass is 272 g/mol. The Hall–Kier alpha value is -0.540. The maximum absolute atomic E-state index is 5.66. The Morgan fingerprint density at radius 2 is 2.29 bits per heavy atom. The summed E-state index contributed by atoms with van der Waals surface area (Å²) in [5.74, 6) is 0.685. The first-order chi connectivity index (χ1) is 6.83. The third kappa shape index (κ3) is 1.79. The molecule has 1 aromatic carbocycles. The van der Waals surface area contributed by atoms with Gasteiger partial charge in [0.2, 0.25) is 0 Å². The van der Waals surface area contributed by atoms with Crippen molar-refractivity contribution in [3.8, 4) is 0 Å². The number of alkyl halides is 1. The van der Waals surface area contributed by atoms with Crippen LogP contribution in [0, 0.1) is 0 Å². The van der Waals surface area contributed by atoms with E-state index in [1.54, 1.807) is 0 Å². The van der Waals surface area contributed by atoms with Crippen molar-refractivity contribution in [2.24, 2.45) is 0 Å². The Kier molecular flexibility index (Phi) is 3.08. The average Bonchev–Trinajstić information content (AvgIpc) is 2.59. The summed E-state index contributed by atoms with van der Waals surface area (Å²) in [4.78, 5) is 4.32. The van der Waals surface area contributed by atoms with E-state index in [1.807, 2.05) is 24.5 Å². The van der Waals surface area contributed by atoms with Crippen LogP contribution in [0.1, 0.15) is 6.42 Å². The summed E-state index contributed by atoms with van der Waals surface area (Å²) in [5.41, 5.74) is 2.17. The standard InChI is InChI=1S/C10H10BrClN2/c11-8-3-1-4-9-10(8)14(7-13-9)6-2-5-12/h1,3-4,7H,2,5-6H2. The van der Waals surface area contributed by atoms with Crippen molar-refractivity contribution in [1.82, 2.24) is 9.55 Å². The molecule has 2 aromatic rings. The summed E-state index contributed by atoms with van der Waals surface area (Å²) in [5, 5.41) is 0. The van der Waals surface area contributed by atoms with Gasteiger partial charge in [0.05, 0.1) is 17.4 Å². The van der Waals surface area contributed by atoms with Gasteiger partial charge >= 0.3 is 0 Å². The molecule has 0 aliphatic carbocycles. The van der Waals surface area contributed by atoms with Crippen LogP contribution in [0.15, 0.2) is 29.0 Å². The van der Waals surface area contributed by atoms with Crippen LogP contribution < -0.4 is 0 Å². The van der Waals surface area contributed by atoms with E-state index in [1.165, 1.54) is 0 Å². The lowest BCUT2D eigenvalue weighted by atomic mass is 10.3. The summed E-state index contributed by atoms with van der Waals surface area (Å²) >= 11 is 9.19. The molecule has 0 radical (unpaired) electrons. The molecule has 1 aromatic heterocycles. The van der Waals surface area contributed by atoms with Crippen molar-refractivity contribution in [2.45, 2.75) is 13.0 Å². The Labute approximate surface area is 96.0 Å². The molecule has 0 N–H and O–H groups in total. The van der Waals surface area contributed by atoms with Crippen LogP contribution in [-0.2, 0) is 6.54 Å². The van der Waals surface area contributed by atoms with Crippen LogP contribution in [-0.4, -0.2) is 15.4 Å². The number of aromatic nitrogens is 2. The van der Waals surface area contributed by atoms with E-state index in [0.29, 0.717) is 5.88 Å². The van der Waals surface area contributed by atoms with Crippen molar-refractivity contribution in [3.63, 3.8) is 0 Å². The van der Waals surface area contributed by atoms with E-state index in [-0.39, 0.29) is 0 Å². The second-order valence-corrected chi connectivity index (χ2v) is 4.32. The molecule has 0 aliphatic heterocycles. The zero-order valence-electron chi connectivity index (χ0n) is 7.58.